The maximum absolute atomic E-state index is 13.6. The van der Waals surface area contributed by atoms with Crippen molar-refractivity contribution < 1.29 is 24.5 Å². The molecular formula is C36H41NO5. The zero-order valence-electron chi connectivity index (χ0n) is 24.2. The molecule has 0 bridgehead atoms. The fourth-order valence-corrected chi connectivity index (χ4v) is 7.26. The van der Waals surface area contributed by atoms with Crippen molar-refractivity contribution >= 4 is 17.6 Å². The lowest BCUT2D eigenvalue weighted by Crippen LogP contribution is -2.27. The highest BCUT2D eigenvalue weighted by Crippen LogP contribution is 2.42. The van der Waals surface area contributed by atoms with Gasteiger partial charge in [0, 0.05) is 24.2 Å². The predicted octanol–water partition coefficient (Wildman–Crippen LogP) is 7.22. The number of rotatable bonds is 10. The van der Waals surface area contributed by atoms with Crippen molar-refractivity contribution in [2.45, 2.75) is 89.1 Å². The largest absolute Gasteiger partial charge is 0.508 e. The van der Waals surface area contributed by atoms with E-state index in [-0.39, 0.29) is 48.1 Å². The van der Waals surface area contributed by atoms with Crippen molar-refractivity contribution in [1.82, 2.24) is 4.98 Å². The average molecular weight is 568 g/mol. The molecule has 42 heavy (non-hydrogen) atoms. The third kappa shape index (κ3) is 6.33. The number of Topliss-reactive ketones (excluding diaryl/α,β-unsaturated/α-hetero) is 2. The number of aromatic amines is 1. The summed E-state index contributed by atoms with van der Waals surface area (Å²) >= 11 is 0. The summed E-state index contributed by atoms with van der Waals surface area (Å²) in [6.07, 6.45) is 15.7. The maximum Gasteiger partial charge on any atom is 0.161 e. The van der Waals surface area contributed by atoms with Crippen molar-refractivity contribution in [3.63, 3.8) is 0 Å². The van der Waals surface area contributed by atoms with E-state index < -0.39 is 0 Å². The molecule has 0 spiro atoms. The van der Waals surface area contributed by atoms with Crippen LogP contribution in [0.4, 0.5) is 0 Å². The molecule has 6 nitrogen and oxygen atoms in total. The van der Waals surface area contributed by atoms with Crippen LogP contribution in [0.1, 0.15) is 91.7 Å². The van der Waals surface area contributed by atoms with E-state index in [0.717, 1.165) is 80.2 Å². The lowest BCUT2D eigenvalue weighted by molar-refractivity contribution is -0.128. The number of hydrogen-bond acceptors (Lipinski definition) is 5. The van der Waals surface area contributed by atoms with Gasteiger partial charge in [-0.15, -0.1) is 0 Å². The molecule has 6 rings (SSSR count). The lowest BCUT2D eigenvalue weighted by atomic mass is 9.73. The number of hydrogen-bond donors (Lipinski definition) is 3. The highest BCUT2D eigenvalue weighted by molar-refractivity contribution is 6.01. The Labute approximate surface area is 247 Å². The molecule has 0 radical (unpaired) electrons. The van der Waals surface area contributed by atoms with Gasteiger partial charge in [0.2, 0.25) is 0 Å². The van der Waals surface area contributed by atoms with Gasteiger partial charge in [-0.1, -0.05) is 24.3 Å². The van der Waals surface area contributed by atoms with Gasteiger partial charge in [-0.05, 0) is 129 Å². The van der Waals surface area contributed by atoms with Crippen molar-refractivity contribution in [1.29, 1.82) is 0 Å². The quantitative estimate of drug-likeness (QED) is 0.177. The topological polar surface area (TPSA) is 99.6 Å². The van der Waals surface area contributed by atoms with E-state index in [1.165, 1.54) is 5.56 Å². The number of phenolic OH excluding ortho intramolecular Hbond substituents is 2. The summed E-state index contributed by atoms with van der Waals surface area (Å²) in [5, 5.41) is 20.6. The van der Waals surface area contributed by atoms with Crippen LogP contribution in [-0.4, -0.2) is 32.9 Å². The van der Waals surface area contributed by atoms with Crippen LogP contribution in [-0.2, 0) is 28.9 Å². The van der Waals surface area contributed by atoms with Crippen molar-refractivity contribution in [2.24, 2.45) is 11.8 Å². The highest BCUT2D eigenvalue weighted by atomic mass is 16.5. The molecule has 1 heterocycles. The minimum atomic E-state index is -0.323. The summed E-state index contributed by atoms with van der Waals surface area (Å²) in [7, 11) is 0. The van der Waals surface area contributed by atoms with E-state index in [1.807, 2.05) is 36.5 Å². The average Bonchev–Trinajstić information content (AvgIpc) is 3.63. The first-order valence-electron chi connectivity index (χ1n) is 15.6. The second-order valence-electron chi connectivity index (χ2n) is 12.4. The van der Waals surface area contributed by atoms with Gasteiger partial charge in [0.25, 0.3) is 0 Å². The Hall–Kier alpha value is -3.80. The molecular weight excluding hydrogens is 526 g/mol. The van der Waals surface area contributed by atoms with E-state index in [9.17, 15) is 19.8 Å². The number of fused-ring (bicyclic) bond motifs is 2. The van der Waals surface area contributed by atoms with Gasteiger partial charge in [-0.25, -0.2) is 0 Å². The third-order valence-corrected chi connectivity index (χ3v) is 9.63. The standard InChI is InChI=1S/C36H41NO5/c38-26(13-9-24-11-17-34(40)36(21-24)42-27-5-1-2-6-27)22-35(41)30-15-16-32-29(18-19-37-32)31(30)20-23-8-12-25-4-3-7-33(39)28(25)14-10-23/h3-4,7,11,15-19,21,23,27,30-31,37,39-40H,1-2,5-6,8-10,12-14,20,22H2. The van der Waals surface area contributed by atoms with Crippen LogP contribution in [0.3, 0.4) is 0 Å². The summed E-state index contributed by atoms with van der Waals surface area (Å²) in [5.41, 5.74) is 5.43. The Kier molecular flexibility index (Phi) is 8.50. The number of ether oxygens (including phenoxy) is 1. The number of aryl methyl sites for hydroxylation is 2. The first-order chi connectivity index (χ1) is 20.4. The number of aromatic nitrogens is 1. The van der Waals surface area contributed by atoms with E-state index >= 15 is 0 Å². The molecule has 0 saturated heterocycles. The van der Waals surface area contributed by atoms with E-state index in [1.54, 1.807) is 12.1 Å². The van der Waals surface area contributed by atoms with Crippen molar-refractivity contribution in [3.05, 3.63) is 82.7 Å². The summed E-state index contributed by atoms with van der Waals surface area (Å²) in [6, 6.07) is 13.2. The predicted molar refractivity (Wildman–Crippen MR) is 163 cm³/mol. The fraction of sp³-hybridized carbons (Fsp3) is 0.444. The summed E-state index contributed by atoms with van der Waals surface area (Å²) in [6.45, 7) is 0. The summed E-state index contributed by atoms with van der Waals surface area (Å²) in [4.78, 5) is 30.0. The van der Waals surface area contributed by atoms with Crippen LogP contribution in [0.25, 0.3) is 6.08 Å². The second-order valence-corrected chi connectivity index (χ2v) is 12.4. The molecule has 1 fully saturated rings. The first kappa shape index (κ1) is 28.3. The Morgan fingerprint density at radius 3 is 2.64 bits per heavy atom. The van der Waals surface area contributed by atoms with Crippen molar-refractivity contribution in [2.75, 3.05) is 0 Å². The molecule has 2 aromatic carbocycles. The molecule has 0 aliphatic heterocycles. The Morgan fingerprint density at radius 1 is 0.952 bits per heavy atom. The van der Waals surface area contributed by atoms with Gasteiger partial charge in [0.15, 0.2) is 11.5 Å². The number of allylic oxidation sites excluding steroid dienone is 1. The summed E-state index contributed by atoms with van der Waals surface area (Å²) < 4.78 is 6.01. The van der Waals surface area contributed by atoms with Crippen molar-refractivity contribution in [3.8, 4) is 17.2 Å². The lowest BCUT2D eigenvalue weighted by Gasteiger charge is -2.30. The molecule has 3 atom stereocenters. The number of benzene rings is 2. The highest BCUT2D eigenvalue weighted by Gasteiger charge is 2.35. The molecule has 1 aromatic heterocycles. The number of ketones is 2. The number of carbonyl (C=O) groups excluding carboxylic acids is 2. The maximum atomic E-state index is 13.6. The van der Waals surface area contributed by atoms with Crippen LogP contribution < -0.4 is 4.74 Å². The van der Waals surface area contributed by atoms with Gasteiger partial charge in [0.05, 0.1) is 12.5 Å². The Bertz CT molecular complexity index is 1460. The minimum absolute atomic E-state index is 0.0152. The van der Waals surface area contributed by atoms with Gasteiger partial charge >= 0.3 is 0 Å². The molecule has 3 aliphatic rings. The van der Waals surface area contributed by atoms with E-state index in [4.69, 9.17) is 4.74 Å². The van der Waals surface area contributed by atoms with Gasteiger partial charge in [0.1, 0.15) is 17.3 Å². The zero-order chi connectivity index (χ0) is 29.1. The molecule has 220 valence electrons. The number of carbonyl (C=O) groups is 2. The van der Waals surface area contributed by atoms with Crippen LogP contribution in [0.5, 0.6) is 17.2 Å². The Balaban J connectivity index is 1.08. The van der Waals surface area contributed by atoms with Gasteiger partial charge in [-0.2, -0.15) is 0 Å². The molecule has 0 amide bonds. The SMILES string of the molecule is O=C(CCc1ccc(O)c(OC2CCCC2)c1)CC(=O)C1C=Cc2[nH]ccc2C1CC1CCc2cccc(O)c2CC1. The second kappa shape index (κ2) is 12.6. The van der Waals surface area contributed by atoms with Crippen LogP contribution in [0, 0.1) is 11.8 Å². The van der Waals surface area contributed by atoms with Gasteiger partial charge < -0.3 is 19.9 Å². The molecule has 3 aliphatic carbocycles. The normalized spacial score (nSPS) is 21.9. The zero-order valence-corrected chi connectivity index (χ0v) is 24.2. The smallest absolute Gasteiger partial charge is 0.161 e. The Morgan fingerprint density at radius 2 is 1.79 bits per heavy atom. The first-order valence-corrected chi connectivity index (χ1v) is 15.6. The third-order valence-electron chi connectivity index (χ3n) is 9.63. The minimum Gasteiger partial charge on any atom is -0.508 e. The molecule has 3 aromatic rings. The molecule has 6 heteroatoms. The summed E-state index contributed by atoms with van der Waals surface area (Å²) in [5.74, 6) is 1.06. The van der Waals surface area contributed by atoms with E-state index in [0.29, 0.717) is 23.8 Å². The fourth-order valence-electron chi connectivity index (χ4n) is 7.26. The van der Waals surface area contributed by atoms with E-state index in [2.05, 4.69) is 17.1 Å². The number of H-pyrrole nitrogens is 1. The monoisotopic (exact) mass is 567 g/mol. The molecule has 3 N–H and O–H groups in total. The van der Waals surface area contributed by atoms with Crippen LogP contribution in [0.15, 0.2) is 54.7 Å². The number of phenols is 2. The van der Waals surface area contributed by atoms with Gasteiger partial charge in [-0.3, -0.25) is 9.59 Å². The number of aromatic hydroxyl groups is 2. The molecule has 1 saturated carbocycles. The molecule has 3 unspecified atom stereocenters. The number of nitrogens with one attached hydrogen (secondary N) is 1. The van der Waals surface area contributed by atoms with Crippen LogP contribution >= 0.6 is 0 Å². The van der Waals surface area contributed by atoms with Crippen LogP contribution in [0.2, 0.25) is 0 Å².